The van der Waals surface area contributed by atoms with Gasteiger partial charge in [0.15, 0.2) is 0 Å². The molecule has 0 saturated heterocycles. The minimum absolute atomic E-state index is 0.183. The predicted octanol–water partition coefficient (Wildman–Crippen LogP) is 4.81. The molecule has 2 aromatic carbocycles. The van der Waals surface area contributed by atoms with Gasteiger partial charge in [0.1, 0.15) is 0 Å². The summed E-state index contributed by atoms with van der Waals surface area (Å²) in [6.45, 7) is 7.24. The van der Waals surface area contributed by atoms with Crippen LogP contribution in [0.4, 0.5) is 0 Å². The normalized spacial score (nSPS) is 14.5. The van der Waals surface area contributed by atoms with Gasteiger partial charge in [0.05, 0.1) is 18.6 Å². The molecule has 3 rings (SSSR count). The van der Waals surface area contributed by atoms with Gasteiger partial charge in [-0.3, -0.25) is 0 Å². The van der Waals surface area contributed by atoms with Crippen molar-refractivity contribution in [1.82, 2.24) is 0 Å². The number of benzene rings is 2. The van der Waals surface area contributed by atoms with E-state index in [0.29, 0.717) is 13.2 Å². The lowest BCUT2D eigenvalue weighted by molar-refractivity contribution is 0.0367. The van der Waals surface area contributed by atoms with Crippen molar-refractivity contribution in [1.29, 1.82) is 0 Å². The maximum atomic E-state index is 6.03. The fourth-order valence-electron chi connectivity index (χ4n) is 3.55. The summed E-state index contributed by atoms with van der Waals surface area (Å²) >= 11 is 0. The summed E-state index contributed by atoms with van der Waals surface area (Å²) in [7, 11) is 0. The fraction of sp³-hybridized carbons (Fsp3) is 0.429. The number of hydrogen-bond donors (Lipinski definition) is 0. The third kappa shape index (κ3) is 2.93. The zero-order valence-corrected chi connectivity index (χ0v) is 14.2. The van der Waals surface area contributed by atoms with Gasteiger partial charge in [-0.2, -0.15) is 0 Å². The first-order valence-corrected chi connectivity index (χ1v) is 8.68. The van der Waals surface area contributed by atoms with E-state index in [2.05, 4.69) is 62.4 Å². The van der Waals surface area contributed by atoms with E-state index in [-0.39, 0.29) is 5.41 Å². The first-order valence-electron chi connectivity index (χ1n) is 8.68. The van der Waals surface area contributed by atoms with Crippen molar-refractivity contribution in [3.8, 4) is 11.1 Å². The molecular formula is C21H26O2. The standard InChI is InChI=1S/C21H26O2/c1-3-13-22-15-21(16-23-14-4-2)19-11-7-5-9-17(19)18-10-6-8-12-20(18)21/h5-12H,3-4,13-16H2,1-2H3. The van der Waals surface area contributed by atoms with Gasteiger partial charge in [-0.25, -0.2) is 0 Å². The Kier molecular flexibility index (Phi) is 5.14. The highest BCUT2D eigenvalue weighted by molar-refractivity contribution is 5.81. The van der Waals surface area contributed by atoms with Crippen LogP contribution in [0.2, 0.25) is 0 Å². The Balaban J connectivity index is 2.05. The molecule has 122 valence electrons. The van der Waals surface area contributed by atoms with Crippen LogP contribution in [0.5, 0.6) is 0 Å². The van der Waals surface area contributed by atoms with Crippen molar-refractivity contribution in [2.24, 2.45) is 0 Å². The Morgan fingerprint density at radius 3 is 1.57 bits per heavy atom. The van der Waals surface area contributed by atoms with E-state index >= 15 is 0 Å². The van der Waals surface area contributed by atoms with E-state index in [1.165, 1.54) is 22.3 Å². The van der Waals surface area contributed by atoms with Crippen molar-refractivity contribution in [2.75, 3.05) is 26.4 Å². The number of hydrogen-bond acceptors (Lipinski definition) is 2. The van der Waals surface area contributed by atoms with Crippen LogP contribution in [0.3, 0.4) is 0 Å². The number of rotatable bonds is 8. The van der Waals surface area contributed by atoms with Crippen LogP contribution in [0.1, 0.15) is 37.8 Å². The molecule has 0 saturated carbocycles. The molecule has 0 spiro atoms. The highest BCUT2D eigenvalue weighted by Gasteiger charge is 2.43. The maximum absolute atomic E-state index is 6.03. The predicted molar refractivity (Wildman–Crippen MR) is 94.9 cm³/mol. The molecule has 2 aromatic rings. The van der Waals surface area contributed by atoms with E-state index in [4.69, 9.17) is 9.47 Å². The van der Waals surface area contributed by atoms with Crippen molar-refractivity contribution >= 4 is 0 Å². The number of ether oxygens (including phenoxy) is 2. The Bertz CT molecular complexity index is 590. The summed E-state index contributed by atoms with van der Waals surface area (Å²) in [5.74, 6) is 0. The van der Waals surface area contributed by atoms with Crippen molar-refractivity contribution in [3.63, 3.8) is 0 Å². The van der Waals surface area contributed by atoms with Gasteiger partial charge >= 0.3 is 0 Å². The van der Waals surface area contributed by atoms with Crippen LogP contribution in [-0.2, 0) is 14.9 Å². The molecule has 1 aliphatic rings. The Hall–Kier alpha value is -1.64. The van der Waals surface area contributed by atoms with Gasteiger partial charge in [-0.15, -0.1) is 0 Å². The summed E-state index contributed by atoms with van der Waals surface area (Å²) in [4.78, 5) is 0. The van der Waals surface area contributed by atoms with Crippen molar-refractivity contribution < 1.29 is 9.47 Å². The second kappa shape index (κ2) is 7.29. The summed E-state index contributed by atoms with van der Waals surface area (Å²) in [6, 6.07) is 17.4. The molecule has 0 N–H and O–H groups in total. The molecule has 2 nitrogen and oxygen atoms in total. The second-order valence-corrected chi connectivity index (χ2v) is 6.28. The molecule has 0 atom stereocenters. The summed E-state index contributed by atoms with van der Waals surface area (Å²) in [6.07, 6.45) is 2.07. The van der Waals surface area contributed by atoms with E-state index in [9.17, 15) is 0 Å². The minimum atomic E-state index is -0.183. The second-order valence-electron chi connectivity index (χ2n) is 6.28. The molecule has 0 radical (unpaired) electrons. The molecule has 23 heavy (non-hydrogen) atoms. The van der Waals surface area contributed by atoms with Crippen LogP contribution >= 0.6 is 0 Å². The van der Waals surface area contributed by atoms with Crippen molar-refractivity contribution in [3.05, 3.63) is 59.7 Å². The molecule has 0 heterocycles. The maximum Gasteiger partial charge on any atom is 0.0681 e. The summed E-state index contributed by atoms with van der Waals surface area (Å²) in [5.41, 5.74) is 5.14. The topological polar surface area (TPSA) is 18.5 Å². The third-order valence-electron chi connectivity index (χ3n) is 4.57. The molecule has 0 unspecified atom stereocenters. The van der Waals surface area contributed by atoms with E-state index in [0.717, 1.165) is 26.1 Å². The average Bonchev–Trinajstić information content (AvgIpc) is 2.87. The molecule has 0 fully saturated rings. The molecule has 0 amide bonds. The van der Waals surface area contributed by atoms with Gasteiger partial charge in [-0.05, 0) is 35.1 Å². The van der Waals surface area contributed by atoms with Gasteiger partial charge < -0.3 is 9.47 Å². The number of fused-ring (bicyclic) bond motifs is 3. The van der Waals surface area contributed by atoms with Crippen LogP contribution < -0.4 is 0 Å². The average molecular weight is 310 g/mol. The van der Waals surface area contributed by atoms with E-state index in [1.54, 1.807) is 0 Å². The van der Waals surface area contributed by atoms with Crippen LogP contribution in [-0.4, -0.2) is 26.4 Å². The Morgan fingerprint density at radius 1 is 0.696 bits per heavy atom. The quantitative estimate of drug-likeness (QED) is 0.652. The Labute approximate surface area is 139 Å². The molecule has 2 heteroatoms. The zero-order chi connectivity index (χ0) is 16.1. The molecule has 0 aromatic heterocycles. The summed E-state index contributed by atoms with van der Waals surface area (Å²) < 4.78 is 12.1. The van der Waals surface area contributed by atoms with Gasteiger partial charge in [-0.1, -0.05) is 62.4 Å². The van der Waals surface area contributed by atoms with E-state index in [1.807, 2.05) is 0 Å². The first-order chi connectivity index (χ1) is 11.3. The SMILES string of the molecule is CCCOCC1(COCCC)c2ccccc2-c2ccccc21. The molecule has 1 aliphatic carbocycles. The summed E-state index contributed by atoms with van der Waals surface area (Å²) in [5, 5.41) is 0. The molecule has 0 aliphatic heterocycles. The smallest absolute Gasteiger partial charge is 0.0681 e. The van der Waals surface area contributed by atoms with E-state index < -0.39 is 0 Å². The zero-order valence-electron chi connectivity index (χ0n) is 14.2. The van der Waals surface area contributed by atoms with Crippen LogP contribution in [0.15, 0.2) is 48.5 Å². The van der Waals surface area contributed by atoms with Gasteiger partial charge in [0.25, 0.3) is 0 Å². The lowest BCUT2D eigenvalue weighted by Crippen LogP contribution is -2.37. The highest BCUT2D eigenvalue weighted by Crippen LogP contribution is 2.49. The highest BCUT2D eigenvalue weighted by atomic mass is 16.5. The minimum Gasteiger partial charge on any atom is -0.380 e. The fourth-order valence-corrected chi connectivity index (χ4v) is 3.55. The lowest BCUT2D eigenvalue weighted by atomic mass is 9.79. The van der Waals surface area contributed by atoms with Crippen molar-refractivity contribution in [2.45, 2.75) is 32.1 Å². The lowest BCUT2D eigenvalue weighted by Gasteiger charge is -2.31. The first kappa shape index (κ1) is 16.2. The molecular weight excluding hydrogens is 284 g/mol. The van der Waals surface area contributed by atoms with Gasteiger partial charge in [0, 0.05) is 13.2 Å². The van der Waals surface area contributed by atoms with Crippen LogP contribution in [0.25, 0.3) is 11.1 Å². The largest absolute Gasteiger partial charge is 0.380 e. The third-order valence-corrected chi connectivity index (χ3v) is 4.57. The van der Waals surface area contributed by atoms with Crippen LogP contribution in [0, 0.1) is 0 Å². The monoisotopic (exact) mass is 310 g/mol. The molecule has 0 bridgehead atoms. The van der Waals surface area contributed by atoms with Gasteiger partial charge in [0.2, 0.25) is 0 Å². The Morgan fingerprint density at radius 2 is 1.13 bits per heavy atom.